The second-order valence-electron chi connectivity index (χ2n) is 4.04. The summed E-state index contributed by atoms with van der Waals surface area (Å²) < 4.78 is 0. The van der Waals surface area contributed by atoms with Gasteiger partial charge in [0.05, 0.1) is 0 Å². The highest BCUT2D eigenvalue weighted by molar-refractivity contribution is 5.44. The minimum atomic E-state index is 0.264. The molecular formula is C16H17N. The van der Waals surface area contributed by atoms with E-state index in [1.807, 2.05) is 30.3 Å². The first-order chi connectivity index (χ1) is 8.38. The standard InChI is InChI=1S/C16H17N/c1-2-15(13-14-9-5-3-6-10-14)17-16-11-7-4-8-12-16/h2-12,15,17H,1,13H2. The first kappa shape index (κ1) is 11.5. The molecule has 2 rings (SSSR count). The molecular weight excluding hydrogens is 206 g/mol. The Kier molecular flexibility index (Phi) is 3.98. The Morgan fingerprint density at radius 2 is 1.53 bits per heavy atom. The third kappa shape index (κ3) is 3.49. The summed E-state index contributed by atoms with van der Waals surface area (Å²) in [6, 6.07) is 20.9. The molecule has 1 atom stereocenters. The van der Waals surface area contributed by atoms with Crippen LogP contribution in [0.25, 0.3) is 0 Å². The molecule has 1 N–H and O–H groups in total. The Bertz CT molecular complexity index is 406. The monoisotopic (exact) mass is 223 g/mol. The number of para-hydroxylation sites is 1. The second-order valence-corrected chi connectivity index (χ2v) is 4.04. The molecule has 0 aromatic heterocycles. The van der Waals surface area contributed by atoms with Crippen LogP contribution in [0, 0.1) is 0 Å². The molecule has 0 spiro atoms. The summed E-state index contributed by atoms with van der Waals surface area (Å²) in [7, 11) is 0. The molecule has 1 heteroatoms. The fourth-order valence-corrected chi connectivity index (χ4v) is 1.81. The minimum absolute atomic E-state index is 0.264. The van der Waals surface area contributed by atoms with Gasteiger partial charge in [-0.05, 0) is 24.1 Å². The average molecular weight is 223 g/mol. The van der Waals surface area contributed by atoms with Crippen LogP contribution in [0.2, 0.25) is 0 Å². The van der Waals surface area contributed by atoms with Gasteiger partial charge < -0.3 is 5.32 Å². The largest absolute Gasteiger partial charge is 0.379 e. The molecule has 0 aliphatic heterocycles. The molecule has 0 heterocycles. The van der Waals surface area contributed by atoms with E-state index in [4.69, 9.17) is 0 Å². The lowest BCUT2D eigenvalue weighted by atomic mass is 10.1. The number of rotatable bonds is 5. The highest BCUT2D eigenvalue weighted by Crippen LogP contribution is 2.11. The van der Waals surface area contributed by atoms with Crippen molar-refractivity contribution in [2.24, 2.45) is 0 Å². The molecule has 1 unspecified atom stereocenters. The number of nitrogens with one attached hydrogen (secondary N) is 1. The maximum Gasteiger partial charge on any atom is 0.0482 e. The Morgan fingerprint density at radius 1 is 0.941 bits per heavy atom. The molecule has 0 saturated heterocycles. The van der Waals surface area contributed by atoms with E-state index < -0.39 is 0 Å². The van der Waals surface area contributed by atoms with Gasteiger partial charge >= 0.3 is 0 Å². The molecule has 1 nitrogen and oxygen atoms in total. The molecule has 2 aromatic rings. The van der Waals surface area contributed by atoms with E-state index in [1.54, 1.807) is 0 Å². The smallest absolute Gasteiger partial charge is 0.0482 e. The predicted molar refractivity (Wildman–Crippen MR) is 74.2 cm³/mol. The van der Waals surface area contributed by atoms with Gasteiger partial charge in [-0.2, -0.15) is 0 Å². The van der Waals surface area contributed by atoms with Crippen molar-refractivity contribution in [3.05, 3.63) is 78.9 Å². The Morgan fingerprint density at radius 3 is 2.12 bits per heavy atom. The quantitative estimate of drug-likeness (QED) is 0.758. The summed E-state index contributed by atoms with van der Waals surface area (Å²) in [5, 5.41) is 3.46. The molecule has 0 aliphatic carbocycles. The van der Waals surface area contributed by atoms with Crippen LogP contribution < -0.4 is 5.32 Å². The molecule has 0 aliphatic rings. The lowest BCUT2D eigenvalue weighted by Crippen LogP contribution is -2.19. The minimum Gasteiger partial charge on any atom is -0.379 e. The first-order valence-electron chi connectivity index (χ1n) is 5.86. The number of anilines is 1. The van der Waals surface area contributed by atoms with E-state index in [9.17, 15) is 0 Å². The fraction of sp³-hybridized carbons (Fsp3) is 0.125. The van der Waals surface area contributed by atoms with Gasteiger partial charge in [0.15, 0.2) is 0 Å². The molecule has 0 radical (unpaired) electrons. The summed E-state index contributed by atoms with van der Waals surface area (Å²) in [6.45, 7) is 3.89. The van der Waals surface area contributed by atoms with Gasteiger partial charge in [0.1, 0.15) is 0 Å². The number of hydrogen-bond donors (Lipinski definition) is 1. The van der Waals surface area contributed by atoms with Crippen molar-refractivity contribution < 1.29 is 0 Å². The number of benzene rings is 2. The van der Waals surface area contributed by atoms with Crippen LogP contribution in [-0.2, 0) is 6.42 Å². The Hall–Kier alpha value is -2.02. The summed E-state index contributed by atoms with van der Waals surface area (Å²) in [5.74, 6) is 0. The first-order valence-corrected chi connectivity index (χ1v) is 5.86. The Labute approximate surface area is 103 Å². The maximum atomic E-state index is 3.89. The van der Waals surface area contributed by atoms with Gasteiger partial charge in [0.25, 0.3) is 0 Å². The van der Waals surface area contributed by atoms with Crippen molar-refractivity contribution in [2.45, 2.75) is 12.5 Å². The van der Waals surface area contributed by atoms with E-state index in [0.717, 1.165) is 12.1 Å². The third-order valence-electron chi connectivity index (χ3n) is 2.71. The molecule has 0 bridgehead atoms. The number of hydrogen-bond acceptors (Lipinski definition) is 1. The average Bonchev–Trinajstić information content (AvgIpc) is 2.40. The lowest BCUT2D eigenvalue weighted by Gasteiger charge is -2.16. The van der Waals surface area contributed by atoms with Crippen molar-refractivity contribution in [1.29, 1.82) is 0 Å². The van der Waals surface area contributed by atoms with Crippen molar-refractivity contribution in [1.82, 2.24) is 0 Å². The fourth-order valence-electron chi connectivity index (χ4n) is 1.81. The zero-order chi connectivity index (χ0) is 11.9. The van der Waals surface area contributed by atoms with Gasteiger partial charge in [0.2, 0.25) is 0 Å². The zero-order valence-corrected chi connectivity index (χ0v) is 9.84. The molecule has 0 saturated carbocycles. The van der Waals surface area contributed by atoms with E-state index in [-0.39, 0.29) is 6.04 Å². The normalized spacial score (nSPS) is 11.8. The van der Waals surface area contributed by atoms with Crippen LogP contribution in [0.15, 0.2) is 73.3 Å². The van der Waals surface area contributed by atoms with Gasteiger partial charge in [-0.25, -0.2) is 0 Å². The van der Waals surface area contributed by atoms with Crippen molar-refractivity contribution in [2.75, 3.05) is 5.32 Å². The van der Waals surface area contributed by atoms with Crippen LogP contribution in [0.3, 0.4) is 0 Å². The SMILES string of the molecule is C=CC(Cc1ccccc1)Nc1ccccc1. The van der Waals surface area contributed by atoms with E-state index in [1.165, 1.54) is 5.56 Å². The van der Waals surface area contributed by atoms with Crippen molar-refractivity contribution >= 4 is 5.69 Å². The molecule has 17 heavy (non-hydrogen) atoms. The maximum absolute atomic E-state index is 3.89. The second kappa shape index (κ2) is 5.90. The van der Waals surface area contributed by atoms with Crippen LogP contribution >= 0.6 is 0 Å². The molecule has 86 valence electrons. The van der Waals surface area contributed by atoms with Gasteiger partial charge in [0, 0.05) is 11.7 Å². The van der Waals surface area contributed by atoms with Crippen molar-refractivity contribution in [3.8, 4) is 0 Å². The summed E-state index contributed by atoms with van der Waals surface area (Å²) >= 11 is 0. The predicted octanol–water partition coefficient (Wildman–Crippen LogP) is 3.90. The summed E-state index contributed by atoms with van der Waals surface area (Å²) in [4.78, 5) is 0. The summed E-state index contributed by atoms with van der Waals surface area (Å²) in [6.07, 6.45) is 2.92. The molecule has 2 aromatic carbocycles. The molecule has 0 fully saturated rings. The lowest BCUT2D eigenvalue weighted by molar-refractivity contribution is 0.866. The topological polar surface area (TPSA) is 12.0 Å². The van der Waals surface area contributed by atoms with Crippen LogP contribution in [0.5, 0.6) is 0 Å². The third-order valence-corrected chi connectivity index (χ3v) is 2.71. The molecule has 0 amide bonds. The highest BCUT2D eigenvalue weighted by atomic mass is 14.9. The van der Waals surface area contributed by atoms with Crippen LogP contribution in [0.1, 0.15) is 5.56 Å². The van der Waals surface area contributed by atoms with Gasteiger partial charge in [-0.15, -0.1) is 6.58 Å². The Balaban J connectivity index is 2.01. The van der Waals surface area contributed by atoms with Gasteiger partial charge in [-0.3, -0.25) is 0 Å². The van der Waals surface area contributed by atoms with Gasteiger partial charge in [-0.1, -0.05) is 54.6 Å². The van der Waals surface area contributed by atoms with E-state index in [2.05, 4.69) is 48.3 Å². The van der Waals surface area contributed by atoms with E-state index in [0.29, 0.717) is 0 Å². The van der Waals surface area contributed by atoms with Crippen LogP contribution in [-0.4, -0.2) is 6.04 Å². The van der Waals surface area contributed by atoms with Crippen LogP contribution in [0.4, 0.5) is 5.69 Å². The highest BCUT2D eigenvalue weighted by Gasteiger charge is 2.04. The zero-order valence-electron chi connectivity index (χ0n) is 9.84. The van der Waals surface area contributed by atoms with E-state index >= 15 is 0 Å². The summed E-state index contributed by atoms with van der Waals surface area (Å²) in [5.41, 5.74) is 2.45. The van der Waals surface area contributed by atoms with Crippen molar-refractivity contribution in [3.63, 3.8) is 0 Å².